The number of esters is 1. The Morgan fingerprint density at radius 2 is 2.22 bits per heavy atom. The lowest BCUT2D eigenvalue weighted by molar-refractivity contribution is -0.234. The molecular weight excluding hydrogens is 381 g/mol. The van der Waals surface area contributed by atoms with Crippen LogP contribution in [0.15, 0.2) is 12.3 Å². The van der Waals surface area contributed by atoms with E-state index in [2.05, 4.69) is 4.98 Å². The summed E-state index contributed by atoms with van der Waals surface area (Å²) in [5.41, 5.74) is 8.66. The molecule has 1 aromatic rings. The van der Waals surface area contributed by atoms with Crippen molar-refractivity contribution in [1.29, 1.82) is 5.26 Å². The number of nitrogens with zero attached hydrogens (tertiary/aromatic N) is 3. The van der Waals surface area contributed by atoms with Crippen LogP contribution >= 0.6 is 12.2 Å². The number of aromatic nitrogens is 2. The van der Waals surface area contributed by atoms with Crippen molar-refractivity contribution in [2.24, 2.45) is 11.7 Å². The van der Waals surface area contributed by atoms with Crippen LogP contribution in [-0.2, 0) is 20.0 Å². The summed E-state index contributed by atoms with van der Waals surface area (Å²) in [4.78, 5) is 15.6. The summed E-state index contributed by atoms with van der Waals surface area (Å²) >= 11 is 4.97. The number of nitrogen functional groups attached to an aromatic ring is 1. The Hall–Kier alpha value is -2.17. The third kappa shape index (κ3) is 3.64. The van der Waals surface area contributed by atoms with E-state index in [4.69, 9.17) is 33.2 Å². The van der Waals surface area contributed by atoms with Crippen LogP contribution in [0.3, 0.4) is 0 Å². The van der Waals surface area contributed by atoms with E-state index in [1.807, 2.05) is 0 Å². The molecule has 148 valence electrons. The molecule has 6 N–H and O–H groups in total. The lowest BCUT2D eigenvalue weighted by Gasteiger charge is -2.28. The van der Waals surface area contributed by atoms with E-state index in [0.29, 0.717) is 0 Å². The Bertz CT molecular complexity index is 830. The standard InChI is InChI=1S/C15H20FN5O5S/c1-7(2)9(19)12(24)25-6-14(16)10(22)11(23)15(5-17,26-14)21-4-3-8(18)20-13(21)27/h3-4,7,9-11,22-23H,6,19H2,1-2H3,(H2,18,20,27)/t9-,10-,11+,14+,15+/m0/s1. The molecule has 0 amide bonds. The van der Waals surface area contributed by atoms with Gasteiger partial charge < -0.3 is 26.4 Å². The molecule has 1 aliphatic heterocycles. The molecule has 1 fully saturated rings. The highest BCUT2D eigenvalue weighted by atomic mass is 32.1. The zero-order valence-electron chi connectivity index (χ0n) is 14.6. The molecule has 1 saturated heterocycles. The summed E-state index contributed by atoms with van der Waals surface area (Å²) in [7, 11) is 0. The topological polar surface area (TPSA) is 170 Å². The maximum absolute atomic E-state index is 15.2. The van der Waals surface area contributed by atoms with Gasteiger partial charge >= 0.3 is 5.97 Å². The van der Waals surface area contributed by atoms with Crippen LogP contribution in [0.5, 0.6) is 0 Å². The van der Waals surface area contributed by atoms with Gasteiger partial charge in [-0.3, -0.25) is 14.1 Å². The highest BCUT2D eigenvalue weighted by Crippen LogP contribution is 2.43. The number of nitriles is 1. The number of carbonyl (C=O) groups is 1. The fourth-order valence-electron chi connectivity index (χ4n) is 2.49. The summed E-state index contributed by atoms with van der Waals surface area (Å²) in [5, 5.41) is 30.0. The zero-order chi connectivity index (χ0) is 20.6. The first kappa shape index (κ1) is 21.1. The maximum atomic E-state index is 15.2. The summed E-state index contributed by atoms with van der Waals surface area (Å²) in [6.45, 7) is 2.24. The van der Waals surface area contributed by atoms with E-state index in [9.17, 15) is 20.3 Å². The molecule has 0 radical (unpaired) electrons. The van der Waals surface area contributed by atoms with Gasteiger partial charge in [0.15, 0.2) is 6.61 Å². The normalized spacial score (nSPS) is 31.5. The first-order valence-corrected chi connectivity index (χ1v) is 8.33. The smallest absolute Gasteiger partial charge is 0.323 e. The van der Waals surface area contributed by atoms with Gasteiger partial charge in [-0.05, 0) is 24.2 Å². The average molecular weight is 401 g/mol. The minimum absolute atomic E-state index is 0.0282. The Morgan fingerprint density at radius 1 is 1.59 bits per heavy atom. The molecule has 0 aliphatic carbocycles. The quantitative estimate of drug-likeness (QED) is 0.366. The highest BCUT2D eigenvalue weighted by Gasteiger charge is 2.66. The van der Waals surface area contributed by atoms with Crippen molar-refractivity contribution in [3.63, 3.8) is 0 Å². The number of aliphatic hydroxyl groups is 2. The maximum Gasteiger partial charge on any atom is 0.323 e. The van der Waals surface area contributed by atoms with Gasteiger partial charge in [0, 0.05) is 6.20 Å². The molecule has 10 nitrogen and oxygen atoms in total. The van der Waals surface area contributed by atoms with Gasteiger partial charge in [0.25, 0.3) is 11.6 Å². The van der Waals surface area contributed by atoms with Crippen LogP contribution in [0, 0.1) is 22.0 Å². The molecule has 2 rings (SSSR count). The van der Waals surface area contributed by atoms with Crippen molar-refractivity contribution in [3.8, 4) is 6.07 Å². The molecule has 0 bridgehead atoms. The molecule has 0 spiro atoms. The van der Waals surface area contributed by atoms with Crippen molar-refractivity contribution in [2.75, 3.05) is 12.3 Å². The number of alkyl halides is 1. The largest absolute Gasteiger partial charge is 0.458 e. The van der Waals surface area contributed by atoms with Crippen LogP contribution in [-0.4, -0.2) is 56.4 Å². The van der Waals surface area contributed by atoms with Crippen molar-refractivity contribution in [3.05, 3.63) is 17.0 Å². The number of hydrogen-bond donors (Lipinski definition) is 4. The monoisotopic (exact) mass is 401 g/mol. The Kier molecular flexibility index (Phi) is 5.83. The van der Waals surface area contributed by atoms with Gasteiger partial charge in [0.05, 0.1) is 0 Å². The number of rotatable bonds is 5. The van der Waals surface area contributed by atoms with Gasteiger partial charge in [0.2, 0.25) is 4.77 Å². The van der Waals surface area contributed by atoms with E-state index in [1.54, 1.807) is 19.9 Å². The van der Waals surface area contributed by atoms with Crippen molar-refractivity contribution in [2.45, 2.75) is 43.7 Å². The molecule has 0 aromatic carbocycles. The summed E-state index contributed by atoms with van der Waals surface area (Å²) < 4.78 is 25.6. The molecule has 5 atom stereocenters. The minimum atomic E-state index is -3.09. The number of aliphatic hydroxyl groups excluding tert-OH is 2. The minimum Gasteiger partial charge on any atom is -0.458 e. The van der Waals surface area contributed by atoms with Crippen LogP contribution < -0.4 is 11.5 Å². The molecule has 12 heteroatoms. The second kappa shape index (κ2) is 7.45. The lowest BCUT2D eigenvalue weighted by atomic mass is 10.0. The fourth-order valence-corrected chi connectivity index (χ4v) is 2.79. The fraction of sp³-hybridized carbons (Fsp3) is 0.600. The Morgan fingerprint density at radius 3 is 2.74 bits per heavy atom. The number of anilines is 1. The number of ether oxygens (including phenoxy) is 2. The first-order chi connectivity index (χ1) is 12.5. The third-order valence-electron chi connectivity index (χ3n) is 4.21. The van der Waals surface area contributed by atoms with Gasteiger partial charge in [0.1, 0.15) is 30.1 Å². The predicted octanol–water partition coefficient (Wildman–Crippen LogP) is -0.685. The number of carbonyl (C=O) groups excluding carboxylic acids is 1. The van der Waals surface area contributed by atoms with Gasteiger partial charge in [-0.15, -0.1) is 0 Å². The van der Waals surface area contributed by atoms with Gasteiger partial charge in [-0.1, -0.05) is 13.8 Å². The van der Waals surface area contributed by atoms with E-state index in [1.165, 1.54) is 6.07 Å². The summed E-state index contributed by atoms with van der Waals surface area (Å²) in [6, 6.07) is 1.82. The van der Waals surface area contributed by atoms with E-state index in [-0.39, 0.29) is 16.5 Å². The molecular formula is C15H20FN5O5S. The Balaban J connectivity index is 2.33. The predicted molar refractivity (Wildman–Crippen MR) is 91.8 cm³/mol. The van der Waals surface area contributed by atoms with Crippen LogP contribution in [0.2, 0.25) is 0 Å². The summed E-state index contributed by atoms with van der Waals surface area (Å²) in [6.07, 6.45) is -3.13. The van der Waals surface area contributed by atoms with Crippen molar-refractivity contribution >= 4 is 24.0 Å². The van der Waals surface area contributed by atoms with Crippen molar-refractivity contribution < 1.29 is 28.9 Å². The van der Waals surface area contributed by atoms with E-state index >= 15 is 4.39 Å². The molecule has 1 aliphatic rings. The molecule has 27 heavy (non-hydrogen) atoms. The van der Waals surface area contributed by atoms with Crippen LogP contribution in [0.1, 0.15) is 13.8 Å². The van der Waals surface area contributed by atoms with Crippen molar-refractivity contribution in [1.82, 2.24) is 9.55 Å². The molecule has 1 aromatic heterocycles. The first-order valence-electron chi connectivity index (χ1n) is 7.93. The van der Waals surface area contributed by atoms with Crippen LogP contribution in [0.25, 0.3) is 0 Å². The molecule has 2 heterocycles. The summed E-state index contributed by atoms with van der Waals surface area (Å²) in [5.74, 6) is -4.25. The average Bonchev–Trinajstić information content (AvgIpc) is 2.81. The van der Waals surface area contributed by atoms with Gasteiger partial charge in [-0.2, -0.15) is 5.26 Å². The zero-order valence-corrected chi connectivity index (χ0v) is 15.4. The van der Waals surface area contributed by atoms with E-state index < -0.39 is 42.4 Å². The third-order valence-corrected chi connectivity index (χ3v) is 4.50. The second-order valence-electron chi connectivity index (χ2n) is 6.47. The lowest BCUT2D eigenvalue weighted by Crippen LogP contribution is -2.46. The number of halogens is 1. The number of hydrogen-bond acceptors (Lipinski definition) is 10. The van der Waals surface area contributed by atoms with Gasteiger partial charge in [-0.25, -0.2) is 9.37 Å². The SMILES string of the molecule is CC(C)[C@H](N)C(=O)OC[C@@]1(F)O[C@@](C#N)(n2ccc(N)nc2=S)[C@H](O)[C@@H]1O. The highest BCUT2D eigenvalue weighted by molar-refractivity contribution is 7.71. The molecule has 0 unspecified atom stereocenters. The van der Waals surface area contributed by atoms with Crippen LogP contribution in [0.4, 0.5) is 10.2 Å². The number of nitrogens with two attached hydrogens (primary N) is 2. The van der Waals surface area contributed by atoms with E-state index in [0.717, 1.165) is 10.8 Å². The second-order valence-corrected chi connectivity index (χ2v) is 6.83. The Labute approximate surface area is 159 Å². The molecule has 0 saturated carbocycles.